The average Bonchev–Trinajstić information content (AvgIpc) is 2.01. The van der Waals surface area contributed by atoms with Crippen molar-refractivity contribution in [1.29, 1.82) is 0 Å². The van der Waals surface area contributed by atoms with E-state index in [1.165, 1.54) is 0 Å². The Balaban J connectivity index is 2.96. The summed E-state index contributed by atoms with van der Waals surface area (Å²) >= 11 is 0. The lowest BCUT2D eigenvalue weighted by molar-refractivity contribution is -0.151. The molecule has 0 radical (unpaired) electrons. The van der Waals surface area contributed by atoms with Gasteiger partial charge in [-0.3, -0.25) is 9.59 Å². The first-order valence-corrected chi connectivity index (χ1v) is 3.82. The van der Waals surface area contributed by atoms with Crippen LogP contribution in [0.15, 0.2) is 0 Å². The first-order chi connectivity index (χ1) is 5.36. The van der Waals surface area contributed by atoms with Crippen molar-refractivity contribution in [3.63, 3.8) is 0 Å². The van der Waals surface area contributed by atoms with Gasteiger partial charge in [-0.05, 0) is 13.8 Å². The van der Waals surface area contributed by atoms with E-state index in [2.05, 4.69) is 0 Å². The molecule has 0 saturated carbocycles. The van der Waals surface area contributed by atoms with Crippen molar-refractivity contribution >= 4 is 11.9 Å². The van der Waals surface area contributed by atoms with Gasteiger partial charge in [0.1, 0.15) is 11.5 Å². The fourth-order valence-corrected chi connectivity index (χ4v) is 1.67. The molecule has 4 nitrogen and oxygen atoms in total. The maximum atomic E-state index is 11.0. The van der Waals surface area contributed by atoms with Gasteiger partial charge >= 0.3 is 11.9 Å². The van der Waals surface area contributed by atoms with Crippen LogP contribution < -0.4 is 0 Å². The van der Waals surface area contributed by atoms with Crippen LogP contribution in [0.4, 0.5) is 0 Å². The van der Waals surface area contributed by atoms with Gasteiger partial charge in [-0.25, -0.2) is 0 Å². The fraction of sp³-hybridized carbons (Fsp3) is 0.750. The fourth-order valence-electron chi connectivity index (χ4n) is 1.67. The van der Waals surface area contributed by atoms with Gasteiger partial charge in [-0.15, -0.1) is 0 Å². The summed E-state index contributed by atoms with van der Waals surface area (Å²) in [6, 6.07) is 0. The number of hydrogen-bond donors (Lipinski definition) is 1. The zero-order chi connectivity index (χ0) is 9.52. The number of carboxylic acid groups (broad SMARTS) is 1. The number of rotatable bonds is 1. The molecule has 2 atom stereocenters. The largest absolute Gasteiger partial charge is 0.481 e. The second kappa shape index (κ2) is 2.47. The van der Waals surface area contributed by atoms with Gasteiger partial charge in [-0.2, -0.15) is 0 Å². The van der Waals surface area contributed by atoms with Crippen molar-refractivity contribution in [3.8, 4) is 0 Å². The van der Waals surface area contributed by atoms with Gasteiger partial charge in [0.15, 0.2) is 0 Å². The molecule has 0 bridgehead atoms. The number of esters is 1. The number of aliphatic carboxylic acids is 1. The predicted molar refractivity (Wildman–Crippen MR) is 40.5 cm³/mol. The van der Waals surface area contributed by atoms with E-state index in [4.69, 9.17) is 9.84 Å². The van der Waals surface area contributed by atoms with Crippen LogP contribution in [0.25, 0.3) is 0 Å². The molecule has 1 heterocycles. The molecule has 1 N–H and O–H groups in total. The smallest absolute Gasteiger partial charge is 0.311 e. The van der Waals surface area contributed by atoms with Gasteiger partial charge in [0.05, 0.1) is 5.92 Å². The number of carboxylic acids is 1. The van der Waals surface area contributed by atoms with Crippen molar-refractivity contribution in [3.05, 3.63) is 0 Å². The SMILES string of the molecule is C[C@@H]1C(=O)OC(C)(C)[C@H]1C(=O)O. The zero-order valence-corrected chi connectivity index (χ0v) is 7.33. The Labute approximate surface area is 70.5 Å². The van der Waals surface area contributed by atoms with Crippen molar-refractivity contribution < 1.29 is 19.4 Å². The van der Waals surface area contributed by atoms with E-state index in [0.717, 1.165) is 0 Å². The van der Waals surface area contributed by atoms with Crippen molar-refractivity contribution in [1.82, 2.24) is 0 Å². The number of carbonyl (C=O) groups is 2. The summed E-state index contributed by atoms with van der Waals surface area (Å²) in [5, 5.41) is 8.80. The summed E-state index contributed by atoms with van der Waals surface area (Å²) in [7, 11) is 0. The lowest BCUT2D eigenvalue weighted by Gasteiger charge is -2.21. The Kier molecular flexibility index (Phi) is 1.86. The normalized spacial score (nSPS) is 33.1. The summed E-state index contributed by atoms with van der Waals surface area (Å²) in [6.07, 6.45) is 0. The van der Waals surface area contributed by atoms with Crippen LogP contribution in [-0.4, -0.2) is 22.6 Å². The third-order valence-electron chi connectivity index (χ3n) is 2.25. The average molecular weight is 172 g/mol. The maximum Gasteiger partial charge on any atom is 0.311 e. The minimum Gasteiger partial charge on any atom is -0.481 e. The van der Waals surface area contributed by atoms with Gasteiger partial charge in [0, 0.05) is 0 Å². The van der Waals surface area contributed by atoms with E-state index in [9.17, 15) is 9.59 Å². The zero-order valence-electron chi connectivity index (χ0n) is 7.33. The minimum absolute atomic E-state index is 0.424. The molecule has 0 spiro atoms. The Morgan fingerprint density at radius 1 is 1.58 bits per heavy atom. The van der Waals surface area contributed by atoms with Gasteiger partial charge < -0.3 is 9.84 Å². The van der Waals surface area contributed by atoms with Crippen LogP contribution in [0, 0.1) is 11.8 Å². The van der Waals surface area contributed by atoms with Gasteiger partial charge in [0.25, 0.3) is 0 Å². The Morgan fingerprint density at radius 2 is 2.08 bits per heavy atom. The number of hydrogen-bond acceptors (Lipinski definition) is 3. The quantitative estimate of drug-likeness (QED) is 0.590. The molecular formula is C8H12O4. The van der Waals surface area contributed by atoms with Gasteiger partial charge in [0.2, 0.25) is 0 Å². The van der Waals surface area contributed by atoms with Crippen LogP contribution in [-0.2, 0) is 14.3 Å². The summed E-state index contributed by atoms with van der Waals surface area (Å²) < 4.78 is 4.92. The van der Waals surface area contributed by atoms with E-state index < -0.39 is 29.4 Å². The Hall–Kier alpha value is -1.06. The van der Waals surface area contributed by atoms with E-state index in [1.54, 1.807) is 20.8 Å². The highest BCUT2D eigenvalue weighted by molar-refractivity contribution is 5.85. The molecule has 0 aromatic heterocycles. The van der Waals surface area contributed by atoms with Crippen molar-refractivity contribution in [2.24, 2.45) is 11.8 Å². The molecule has 1 saturated heterocycles. The summed E-state index contributed by atoms with van der Waals surface area (Å²) in [5.74, 6) is -2.67. The standard InChI is InChI=1S/C8H12O4/c1-4-5(6(9)10)8(2,3)12-7(4)11/h4-5H,1-3H3,(H,9,10)/t4-,5+/m0/s1. The summed E-state index contributed by atoms with van der Waals surface area (Å²) in [4.78, 5) is 21.8. The molecule has 1 aliphatic rings. The Bertz CT molecular complexity index is 231. The first-order valence-electron chi connectivity index (χ1n) is 3.82. The van der Waals surface area contributed by atoms with Crippen LogP contribution >= 0.6 is 0 Å². The first kappa shape index (κ1) is 9.03. The lowest BCUT2D eigenvalue weighted by Crippen LogP contribution is -2.35. The lowest BCUT2D eigenvalue weighted by atomic mass is 9.84. The molecule has 68 valence electrons. The Morgan fingerprint density at radius 3 is 2.25 bits per heavy atom. The van der Waals surface area contributed by atoms with Crippen LogP contribution in [0.1, 0.15) is 20.8 Å². The van der Waals surface area contributed by atoms with Crippen LogP contribution in [0.3, 0.4) is 0 Å². The monoisotopic (exact) mass is 172 g/mol. The van der Waals surface area contributed by atoms with Crippen LogP contribution in [0.2, 0.25) is 0 Å². The molecule has 4 heteroatoms. The highest BCUT2D eigenvalue weighted by Crippen LogP contribution is 2.36. The molecule has 1 fully saturated rings. The second-order valence-corrected chi connectivity index (χ2v) is 3.63. The number of ether oxygens (including phenoxy) is 1. The predicted octanol–water partition coefficient (Wildman–Crippen LogP) is 0.659. The minimum atomic E-state index is -0.974. The van der Waals surface area contributed by atoms with E-state index in [-0.39, 0.29) is 0 Å². The highest BCUT2D eigenvalue weighted by atomic mass is 16.6. The molecule has 1 aliphatic heterocycles. The topological polar surface area (TPSA) is 63.6 Å². The number of cyclic esters (lactones) is 1. The molecule has 0 aromatic carbocycles. The maximum absolute atomic E-state index is 11.0. The summed E-state index contributed by atoms with van der Waals surface area (Å²) in [5.41, 5.74) is -0.873. The summed E-state index contributed by atoms with van der Waals surface area (Å²) in [6.45, 7) is 4.82. The molecule has 12 heavy (non-hydrogen) atoms. The highest BCUT2D eigenvalue weighted by Gasteiger charge is 2.51. The third-order valence-corrected chi connectivity index (χ3v) is 2.25. The molecule has 1 rings (SSSR count). The molecule has 0 aromatic rings. The molecule has 0 amide bonds. The van der Waals surface area contributed by atoms with E-state index in [0.29, 0.717) is 0 Å². The van der Waals surface area contributed by atoms with Crippen molar-refractivity contribution in [2.75, 3.05) is 0 Å². The van der Waals surface area contributed by atoms with Gasteiger partial charge in [-0.1, -0.05) is 6.92 Å². The van der Waals surface area contributed by atoms with E-state index in [1.807, 2.05) is 0 Å². The number of carbonyl (C=O) groups excluding carboxylic acids is 1. The second-order valence-electron chi connectivity index (χ2n) is 3.63. The van der Waals surface area contributed by atoms with E-state index >= 15 is 0 Å². The molecule has 0 unspecified atom stereocenters. The van der Waals surface area contributed by atoms with Crippen LogP contribution in [0.5, 0.6) is 0 Å². The third kappa shape index (κ3) is 1.17. The molecule has 0 aliphatic carbocycles. The van der Waals surface area contributed by atoms with Crippen molar-refractivity contribution in [2.45, 2.75) is 26.4 Å². The molecular weight excluding hydrogens is 160 g/mol.